The molecule has 0 bridgehead atoms. The maximum absolute atomic E-state index is 12.3. The number of anilines is 3. The van der Waals surface area contributed by atoms with Gasteiger partial charge in [0.2, 0.25) is 11.8 Å². The summed E-state index contributed by atoms with van der Waals surface area (Å²) in [6.07, 6.45) is 1.07. The van der Waals surface area contributed by atoms with Gasteiger partial charge in [-0.05, 0) is 54.4 Å². The molecule has 3 aromatic rings. The number of hydrogen-bond acceptors (Lipinski definition) is 4. The molecule has 3 aromatic carbocycles. The normalized spacial score (nSPS) is 10.2. The molecule has 3 rings (SSSR count). The van der Waals surface area contributed by atoms with Gasteiger partial charge in [-0.15, -0.1) is 0 Å². The van der Waals surface area contributed by atoms with Crippen molar-refractivity contribution >= 4 is 34.8 Å². The van der Waals surface area contributed by atoms with Crippen LogP contribution in [0, 0.1) is 0 Å². The molecule has 0 radical (unpaired) electrons. The van der Waals surface area contributed by atoms with Gasteiger partial charge in [-0.3, -0.25) is 14.4 Å². The summed E-state index contributed by atoms with van der Waals surface area (Å²) in [5, 5.41) is 8.74. The molecule has 0 aliphatic rings. The largest absolute Gasteiger partial charge is 0.376 e. The van der Waals surface area contributed by atoms with Crippen LogP contribution in [0.5, 0.6) is 0 Å². The average Bonchev–Trinajstić information content (AvgIpc) is 2.82. The number of carbonyl (C=O) groups is 3. The molecule has 0 atom stereocenters. The zero-order valence-electron chi connectivity index (χ0n) is 18.8. The van der Waals surface area contributed by atoms with Crippen molar-refractivity contribution < 1.29 is 14.4 Å². The summed E-state index contributed by atoms with van der Waals surface area (Å²) in [4.78, 5) is 38.0. The van der Waals surface area contributed by atoms with E-state index in [0.29, 0.717) is 29.8 Å². The van der Waals surface area contributed by atoms with Crippen LogP contribution < -0.4 is 16.0 Å². The number of nitrogens with one attached hydrogen (secondary N) is 3. The van der Waals surface area contributed by atoms with E-state index in [-0.39, 0.29) is 24.3 Å². The van der Waals surface area contributed by atoms with Crippen molar-refractivity contribution in [1.29, 1.82) is 0 Å². The fourth-order valence-corrected chi connectivity index (χ4v) is 3.17. The Morgan fingerprint density at radius 1 is 0.727 bits per heavy atom. The van der Waals surface area contributed by atoms with E-state index in [4.69, 9.17) is 0 Å². The van der Waals surface area contributed by atoms with Gasteiger partial charge in [0.15, 0.2) is 0 Å². The molecule has 0 aliphatic heterocycles. The van der Waals surface area contributed by atoms with Crippen molar-refractivity contribution in [1.82, 2.24) is 4.90 Å². The fourth-order valence-electron chi connectivity index (χ4n) is 3.17. The van der Waals surface area contributed by atoms with Crippen molar-refractivity contribution in [2.45, 2.75) is 12.8 Å². The second-order valence-electron chi connectivity index (χ2n) is 7.79. The van der Waals surface area contributed by atoms with Crippen LogP contribution in [-0.4, -0.2) is 43.3 Å². The summed E-state index contributed by atoms with van der Waals surface area (Å²) in [6.45, 7) is 0.0593. The van der Waals surface area contributed by atoms with Gasteiger partial charge in [0.05, 0.1) is 6.54 Å². The predicted octanol–water partition coefficient (Wildman–Crippen LogP) is 4.01. The van der Waals surface area contributed by atoms with Crippen LogP contribution >= 0.6 is 0 Å². The first-order chi connectivity index (χ1) is 15.9. The molecule has 3 amide bonds. The quantitative estimate of drug-likeness (QED) is 0.465. The Morgan fingerprint density at radius 3 is 2.09 bits per heavy atom. The minimum atomic E-state index is -0.223. The van der Waals surface area contributed by atoms with Crippen LogP contribution in [0.4, 0.5) is 17.1 Å². The smallest absolute Gasteiger partial charge is 0.253 e. The maximum atomic E-state index is 12.3. The molecule has 0 spiro atoms. The third-order valence-corrected chi connectivity index (χ3v) is 4.90. The molecule has 7 heteroatoms. The second-order valence-corrected chi connectivity index (χ2v) is 7.79. The average molecular weight is 445 g/mol. The lowest BCUT2D eigenvalue weighted by atomic mass is 10.1. The number of aryl methyl sites for hydroxylation is 1. The Hall–Kier alpha value is -4.13. The molecule has 0 saturated heterocycles. The molecule has 0 fully saturated rings. The van der Waals surface area contributed by atoms with Crippen LogP contribution in [0.2, 0.25) is 0 Å². The highest BCUT2D eigenvalue weighted by molar-refractivity contribution is 5.96. The number of rotatable bonds is 9. The lowest BCUT2D eigenvalue weighted by molar-refractivity contribution is -0.116. The highest BCUT2D eigenvalue weighted by Gasteiger charge is 2.09. The second kappa shape index (κ2) is 11.5. The number of amides is 3. The molecule has 7 nitrogen and oxygen atoms in total. The van der Waals surface area contributed by atoms with Crippen LogP contribution in [-0.2, 0) is 16.0 Å². The highest BCUT2D eigenvalue weighted by Crippen LogP contribution is 2.16. The number of benzene rings is 3. The zero-order chi connectivity index (χ0) is 23.6. The molecule has 3 N–H and O–H groups in total. The molecule has 170 valence electrons. The van der Waals surface area contributed by atoms with Gasteiger partial charge < -0.3 is 20.9 Å². The Kier molecular flexibility index (Phi) is 8.18. The van der Waals surface area contributed by atoms with E-state index >= 15 is 0 Å². The van der Waals surface area contributed by atoms with E-state index in [0.717, 1.165) is 11.3 Å². The van der Waals surface area contributed by atoms with Crippen LogP contribution in [0.1, 0.15) is 22.3 Å². The minimum absolute atomic E-state index is 0.0593. The number of hydrogen-bond donors (Lipinski definition) is 3. The number of nitrogens with zero attached hydrogens (tertiary/aromatic N) is 1. The molecule has 0 saturated carbocycles. The third-order valence-electron chi connectivity index (χ3n) is 4.90. The van der Waals surface area contributed by atoms with Gasteiger partial charge in [0.1, 0.15) is 0 Å². The summed E-state index contributed by atoms with van der Waals surface area (Å²) in [5.74, 6) is -0.384. The van der Waals surface area contributed by atoms with Gasteiger partial charge in [-0.2, -0.15) is 0 Å². The van der Waals surface area contributed by atoms with Crippen molar-refractivity contribution in [3.63, 3.8) is 0 Å². The monoisotopic (exact) mass is 444 g/mol. The van der Waals surface area contributed by atoms with E-state index < -0.39 is 0 Å². The first-order valence-electron chi connectivity index (χ1n) is 10.7. The van der Waals surface area contributed by atoms with Crippen LogP contribution in [0.3, 0.4) is 0 Å². The fraction of sp³-hybridized carbons (Fsp3) is 0.192. The van der Waals surface area contributed by atoms with Crippen LogP contribution in [0.15, 0.2) is 78.9 Å². The van der Waals surface area contributed by atoms with Crippen molar-refractivity contribution in [3.05, 3.63) is 90.0 Å². The molecule has 0 heterocycles. The van der Waals surface area contributed by atoms with E-state index in [1.54, 1.807) is 44.4 Å². The van der Waals surface area contributed by atoms with E-state index in [2.05, 4.69) is 16.0 Å². The predicted molar refractivity (Wildman–Crippen MR) is 131 cm³/mol. The first kappa shape index (κ1) is 23.5. The van der Waals surface area contributed by atoms with E-state index in [9.17, 15) is 14.4 Å². The maximum Gasteiger partial charge on any atom is 0.253 e. The molecule has 0 aliphatic carbocycles. The van der Waals surface area contributed by atoms with Crippen molar-refractivity contribution in [2.24, 2.45) is 0 Å². The van der Waals surface area contributed by atoms with Crippen molar-refractivity contribution in [2.75, 3.05) is 36.6 Å². The lowest BCUT2D eigenvalue weighted by Gasteiger charge is -2.12. The summed E-state index contributed by atoms with van der Waals surface area (Å²) in [7, 11) is 3.38. The topological polar surface area (TPSA) is 90.5 Å². The summed E-state index contributed by atoms with van der Waals surface area (Å²) >= 11 is 0. The Morgan fingerprint density at radius 2 is 1.39 bits per heavy atom. The van der Waals surface area contributed by atoms with E-state index in [1.807, 2.05) is 48.5 Å². The molecule has 33 heavy (non-hydrogen) atoms. The van der Waals surface area contributed by atoms with E-state index in [1.165, 1.54) is 4.90 Å². The van der Waals surface area contributed by atoms with Gasteiger partial charge in [-0.1, -0.05) is 36.4 Å². The highest BCUT2D eigenvalue weighted by atomic mass is 16.2. The number of carbonyl (C=O) groups excluding carboxylic acids is 3. The molecular weight excluding hydrogens is 416 g/mol. The standard InChI is InChI=1S/C26H28N4O3/c1-30(2)26(33)20-12-14-21(15-13-20)28-25(32)18-27-22-9-6-10-23(17-22)29-24(31)16-11-19-7-4-3-5-8-19/h3-10,12-15,17,27H,11,16,18H2,1-2H3,(H,28,32)(H,29,31). The summed E-state index contributed by atoms with van der Waals surface area (Å²) in [5.41, 5.74) is 3.67. The SMILES string of the molecule is CN(C)C(=O)c1ccc(NC(=O)CNc2cccc(NC(=O)CCc3ccccc3)c2)cc1. The van der Waals surface area contributed by atoms with Gasteiger partial charge in [-0.25, -0.2) is 0 Å². The minimum Gasteiger partial charge on any atom is -0.376 e. The van der Waals surface area contributed by atoms with Gasteiger partial charge in [0, 0.05) is 43.1 Å². The first-order valence-corrected chi connectivity index (χ1v) is 10.7. The van der Waals surface area contributed by atoms with Crippen LogP contribution in [0.25, 0.3) is 0 Å². The third kappa shape index (κ3) is 7.50. The van der Waals surface area contributed by atoms with Gasteiger partial charge in [0.25, 0.3) is 5.91 Å². The zero-order valence-corrected chi connectivity index (χ0v) is 18.8. The molecular formula is C26H28N4O3. The molecule has 0 aromatic heterocycles. The summed E-state index contributed by atoms with van der Waals surface area (Å²) < 4.78 is 0. The Balaban J connectivity index is 1.46. The summed E-state index contributed by atoms with van der Waals surface area (Å²) in [6, 6.07) is 23.8. The Bertz CT molecular complexity index is 1100. The van der Waals surface area contributed by atoms with Gasteiger partial charge >= 0.3 is 0 Å². The Labute approximate surface area is 193 Å². The van der Waals surface area contributed by atoms with Crippen molar-refractivity contribution in [3.8, 4) is 0 Å². The molecule has 0 unspecified atom stereocenters. The lowest BCUT2D eigenvalue weighted by Crippen LogP contribution is -2.23.